The molecule has 1 N–H and O–H groups in total. The lowest BCUT2D eigenvalue weighted by Gasteiger charge is -2.38. The van der Waals surface area contributed by atoms with Crippen LogP contribution in [0.2, 0.25) is 0 Å². The zero-order valence-corrected chi connectivity index (χ0v) is 14.6. The molecule has 2 atom stereocenters. The van der Waals surface area contributed by atoms with E-state index in [9.17, 15) is 14.4 Å². The molecule has 0 radical (unpaired) electrons. The standard InChI is InChI=1S/C18H22N2O5/c1-11-6-4-5-7-12(11)14-13-10-18(16(22)24-2,17(23)25-3)15(21)20(13)9-8-19-14/h4-7,13-14,19H,8-10H2,1-3H3. The molecule has 7 nitrogen and oxygen atoms in total. The van der Waals surface area contributed by atoms with Crippen LogP contribution >= 0.6 is 0 Å². The third kappa shape index (κ3) is 2.50. The number of hydrogen-bond acceptors (Lipinski definition) is 6. The third-order valence-electron chi connectivity index (χ3n) is 5.23. The second kappa shape index (κ2) is 6.48. The molecule has 0 aliphatic carbocycles. The maximum absolute atomic E-state index is 13.0. The Kier molecular flexibility index (Phi) is 4.51. The summed E-state index contributed by atoms with van der Waals surface area (Å²) < 4.78 is 9.59. The molecule has 1 amide bonds. The van der Waals surface area contributed by atoms with Crippen molar-refractivity contribution in [3.63, 3.8) is 0 Å². The highest BCUT2D eigenvalue weighted by atomic mass is 16.5. The molecule has 2 fully saturated rings. The molecule has 134 valence electrons. The van der Waals surface area contributed by atoms with Crippen LogP contribution in [-0.2, 0) is 23.9 Å². The van der Waals surface area contributed by atoms with Gasteiger partial charge in [-0.3, -0.25) is 14.4 Å². The van der Waals surface area contributed by atoms with Gasteiger partial charge < -0.3 is 19.7 Å². The summed E-state index contributed by atoms with van der Waals surface area (Å²) in [5.41, 5.74) is 0.222. The van der Waals surface area contributed by atoms with Gasteiger partial charge in [-0.2, -0.15) is 0 Å². The molecule has 0 bridgehead atoms. The first kappa shape index (κ1) is 17.4. The zero-order chi connectivity index (χ0) is 18.2. The summed E-state index contributed by atoms with van der Waals surface area (Å²) >= 11 is 0. The van der Waals surface area contributed by atoms with Crippen LogP contribution in [0.5, 0.6) is 0 Å². The molecule has 0 aromatic heterocycles. The van der Waals surface area contributed by atoms with Gasteiger partial charge >= 0.3 is 11.9 Å². The summed E-state index contributed by atoms with van der Waals surface area (Å²) in [7, 11) is 2.35. The highest BCUT2D eigenvalue weighted by Gasteiger charge is 2.65. The molecule has 1 aromatic carbocycles. The van der Waals surface area contributed by atoms with Crippen molar-refractivity contribution >= 4 is 17.8 Å². The number of benzene rings is 1. The number of carbonyl (C=O) groups excluding carboxylic acids is 3. The minimum atomic E-state index is -1.92. The highest BCUT2D eigenvalue weighted by Crippen LogP contribution is 2.44. The van der Waals surface area contributed by atoms with Crippen molar-refractivity contribution in [2.75, 3.05) is 27.3 Å². The first-order chi connectivity index (χ1) is 12.0. The normalized spacial score (nSPS) is 24.6. The molecule has 2 aliphatic heterocycles. The van der Waals surface area contributed by atoms with E-state index in [0.717, 1.165) is 11.1 Å². The Labute approximate surface area is 146 Å². The number of hydrogen-bond donors (Lipinski definition) is 1. The maximum Gasteiger partial charge on any atom is 0.333 e. The molecule has 25 heavy (non-hydrogen) atoms. The van der Waals surface area contributed by atoms with Gasteiger partial charge in [-0.05, 0) is 18.1 Å². The van der Waals surface area contributed by atoms with E-state index >= 15 is 0 Å². The van der Waals surface area contributed by atoms with Gasteiger partial charge in [0.25, 0.3) is 5.91 Å². The van der Waals surface area contributed by atoms with Crippen LogP contribution in [0.4, 0.5) is 0 Å². The number of piperazine rings is 1. The van der Waals surface area contributed by atoms with Gasteiger partial charge in [0.05, 0.1) is 26.3 Å². The van der Waals surface area contributed by atoms with E-state index in [1.54, 1.807) is 4.90 Å². The second-order valence-electron chi connectivity index (χ2n) is 6.45. The molecule has 7 heteroatoms. The minimum absolute atomic E-state index is 0.0389. The van der Waals surface area contributed by atoms with Gasteiger partial charge in [0.15, 0.2) is 0 Å². The summed E-state index contributed by atoms with van der Waals surface area (Å²) in [6, 6.07) is 7.41. The van der Waals surface area contributed by atoms with Crippen molar-refractivity contribution in [3.8, 4) is 0 Å². The van der Waals surface area contributed by atoms with Crippen molar-refractivity contribution in [2.24, 2.45) is 5.41 Å². The predicted molar refractivity (Wildman–Crippen MR) is 88.5 cm³/mol. The number of amides is 1. The molecule has 0 saturated carbocycles. The molecule has 3 rings (SSSR count). The molecular weight excluding hydrogens is 324 g/mol. The Morgan fingerprint density at radius 1 is 1.20 bits per heavy atom. The van der Waals surface area contributed by atoms with E-state index in [2.05, 4.69) is 5.32 Å². The van der Waals surface area contributed by atoms with Crippen molar-refractivity contribution < 1.29 is 23.9 Å². The number of ether oxygens (including phenoxy) is 2. The maximum atomic E-state index is 13.0. The first-order valence-corrected chi connectivity index (χ1v) is 8.24. The molecule has 0 spiro atoms. The van der Waals surface area contributed by atoms with E-state index in [1.165, 1.54) is 14.2 Å². The number of nitrogens with one attached hydrogen (secondary N) is 1. The van der Waals surface area contributed by atoms with E-state index in [-0.39, 0.29) is 18.5 Å². The average Bonchev–Trinajstić information content (AvgIpc) is 2.95. The van der Waals surface area contributed by atoms with Gasteiger partial charge in [0.2, 0.25) is 5.41 Å². The first-order valence-electron chi connectivity index (χ1n) is 8.24. The summed E-state index contributed by atoms with van der Waals surface area (Å²) in [4.78, 5) is 39.5. The topological polar surface area (TPSA) is 84.9 Å². The molecular formula is C18H22N2O5. The van der Waals surface area contributed by atoms with E-state index < -0.39 is 23.3 Å². The highest BCUT2D eigenvalue weighted by molar-refractivity contribution is 6.20. The minimum Gasteiger partial charge on any atom is -0.468 e. The van der Waals surface area contributed by atoms with E-state index in [0.29, 0.717) is 13.1 Å². The van der Waals surface area contributed by atoms with Crippen LogP contribution < -0.4 is 5.32 Å². The van der Waals surface area contributed by atoms with Crippen molar-refractivity contribution in [2.45, 2.75) is 25.4 Å². The van der Waals surface area contributed by atoms with Gasteiger partial charge in [0.1, 0.15) is 0 Å². The number of methoxy groups -OCH3 is 2. The number of rotatable bonds is 3. The zero-order valence-electron chi connectivity index (χ0n) is 14.6. The Morgan fingerprint density at radius 2 is 1.84 bits per heavy atom. The Bertz CT molecular complexity index is 701. The Balaban J connectivity index is 2.04. The third-order valence-corrected chi connectivity index (χ3v) is 5.23. The predicted octanol–water partition coefficient (Wildman–Crippen LogP) is 0.573. The number of carbonyl (C=O) groups is 3. The lowest BCUT2D eigenvalue weighted by atomic mass is 9.82. The van der Waals surface area contributed by atoms with Gasteiger partial charge in [-0.1, -0.05) is 24.3 Å². The van der Waals surface area contributed by atoms with Crippen LogP contribution in [-0.4, -0.2) is 56.1 Å². The average molecular weight is 346 g/mol. The van der Waals surface area contributed by atoms with E-state index in [1.807, 2.05) is 31.2 Å². The van der Waals surface area contributed by atoms with Crippen molar-refractivity contribution in [3.05, 3.63) is 35.4 Å². The Hall–Kier alpha value is -2.41. The molecule has 1 aromatic rings. The van der Waals surface area contributed by atoms with Crippen LogP contribution in [0.15, 0.2) is 24.3 Å². The number of aryl methyl sites for hydroxylation is 1. The number of fused-ring (bicyclic) bond motifs is 1. The molecule has 2 saturated heterocycles. The summed E-state index contributed by atoms with van der Waals surface area (Å²) in [5.74, 6) is -2.25. The largest absolute Gasteiger partial charge is 0.468 e. The van der Waals surface area contributed by atoms with Crippen molar-refractivity contribution in [1.82, 2.24) is 10.2 Å². The molecule has 2 unspecified atom stereocenters. The van der Waals surface area contributed by atoms with Crippen LogP contribution in [0.25, 0.3) is 0 Å². The smallest absolute Gasteiger partial charge is 0.333 e. The number of esters is 2. The Morgan fingerprint density at radius 3 is 2.44 bits per heavy atom. The molecule has 2 aliphatic rings. The van der Waals surface area contributed by atoms with Crippen LogP contribution in [0.1, 0.15) is 23.6 Å². The lowest BCUT2D eigenvalue weighted by Crippen LogP contribution is -2.52. The monoisotopic (exact) mass is 346 g/mol. The number of nitrogens with zero attached hydrogens (tertiary/aromatic N) is 1. The lowest BCUT2D eigenvalue weighted by molar-refractivity contribution is -0.172. The summed E-state index contributed by atoms with van der Waals surface area (Å²) in [6.45, 7) is 3.02. The quantitative estimate of drug-likeness (QED) is 0.636. The second-order valence-corrected chi connectivity index (χ2v) is 6.45. The van der Waals surface area contributed by atoms with Gasteiger partial charge in [0, 0.05) is 19.5 Å². The summed E-state index contributed by atoms with van der Waals surface area (Å²) in [5, 5.41) is 3.42. The van der Waals surface area contributed by atoms with Crippen LogP contribution in [0.3, 0.4) is 0 Å². The van der Waals surface area contributed by atoms with Gasteiger partial charge in [-0.25, -0.2) is 0 Å². The fourth-order valence-electron chi connectivity index (χ4n) is 3.97. The SMILES string of the molecule is COC(=O)C1(C(=O)OC)CC2C(c3ccccc3C)NCCN2C1=O. The van der Waals surface area contributed by atoms with E-state index in [4.69, 9.17) is 9.47 Å². The molecule has 2 heterocycles. The summed E-state index contributed by atoms with van der Waals surface area (Å²) in [6.07, 6.45) is 0.0389. The van der Waals surface area contributed by atoms with Crippen LogP contribution in [0, 0.1) is 12.3 Å². The fraction of sp³-hybridized carbons (Fsp3) is 0.500. The fourth-order valence-corrected chi connectivity index (χ4v) is 3.97. The van der Waals surface area contributed by atoms with Gasteiger partial charge in [-0.15, -0.1) is 0 Å². The van der Waals surface area contributed by atoms with Crippen molar-refractivity contribution in [1.29, 1.82) is 0 Å².